The first-order valence-corrected chi connectivity index (χ1v) is 9.82. The van der Waals surface area contributed by atoms with E-state index < -0.39 is 0 Å². The molecule has 0 amide bonds. The number of hydrogen-bond acceptors (Lipinski definition) is 1. The molecule has 0 fully saturated rings. The predicted molar refractivity (Wildman–Crippen MR) is 108 cm³/mol. The molecule has 0 aliphatic rings. The molecule has 25 heavy (non-hydrogen) atoms. The Kier molecular flexibility index (Phi) is 6.27. The smallest absolute Gasteiger partial charge is 0.141 e. The topological polar surface area (TPSA) is 17.8 Å². The van der Waals surface area contributed by atoms with Crippen molar-refractivity contribution in [2.75, 3.05) is 0 Å². The van der Waals surface area contributed by atoms with Crippen molar-refractivity contribution < 1.29 is 0 Å². The van der Waals surface area contributed by atoms with E-state index in [1.165, 1.54) is 61.6 Å². The third-order valence-electron chi connectivity index (χ3n) is 5.03. The van der Waals surface area contributed by atoms with Gasteiger partial charge in [0, 0.05) is 12.1 Å². The summed E-state index contributed by atoms with van der Waals surface area (Å²) in [5, 5.41) is 0. The largest absolute Gasteiger partial charge is 0.324 e. The number of nitrogens with zero attached hydrogens (tertiary/aromatic N) is 2. The molecule has 0 saturated carbocycles. The highest BCUT2D eigenvalue weighted by Gasteiger charge is 2.13. The van der Waals surface area contributed by atoms with Crippen molar-refractivity contribution >= 4 is 11.0 Å². The average Bonchev–Trinajstić information content (AvgIpc) is 3.00. The zero-order valence-electron chi connectivity index (χ0n) is 15.7. The number of aryl methyl sites for hydroxylation is 2. The van der Waals surface area contributed by atoms with Crippen molar-refractivity contribution in [2.45, 2.75) is 65.3 Å². The highest BCUT2D eigenvalue weighted by atomic mass is 15.1. The molecule has 0 aliphatic heterocycles. The van der Waals surface area contributed by atoms with E-state index in [1.807, 2.05) is 0 Å². The molecule has 2 aromatic carbocycles. The highest BCUT2D eigenvalue weighted by molar-refractivity contribution is 5.81. The van der Waals surface area contributed by atoms with Crippen LogP contribution in [0.2, 0.25) is 0 Å². The second-order valence-corrected chi connectivity index (χ2v) is 7.01. The fourth-order valence-corrected chi connectivity index (χ4v) is 3.56. The van der Waals surface area contributed by atoms with Gasteiger partial charge in [-0.2, -0.15) is 0 Å². The van der Waals surface area contributed by atoms with E-state index in [9.17, 15) is 0 Å². The van der Waals surface area contributed by atoms with Gasteiger partial charge in [-0.15, -0.1) is 0 Å². The summed E-state index contributed by atoms with van der Waals surface area (Å²) in [5.41, 5.74) is 4.90. The highest BCUT2D eigenvalue weighted by Crippen LogP contribution is 2.27. The molecule has 0 bridgehead atoms. The van der Waals surface area contributed by atoms with Gasteiger partial charge in [-0.1, -0.05) is 81.8 Å². The lowest BCUT2D eigenvalue weighted by atomic mass is 10.1. The van der Waals surface area contributed by atoms with Crippen LogP contribution < -0.4 is 0 Å². The molecule has 0 radical (unpaired) electrons. The molecule has 3 rings (SSSR count). The zero-order valence-corrected chi connectivity index (χ0v) is 15.7. The van der Waals surface area contributed by atoms with Gasteiger partial charge in [0.2, 0.25) is 0 Å². The lowest BCUT2D eigenvalue weighted by Crippen LogP contribution is -2.02. The minimum absolute atomic E-state index is 1.05. The lowest BCUT2D eigenvalue weighted by molar-refractivity contribution is 0.557. The molecule has 1 aromatic heterocycles. The summed E-state index contributed by atoms with van der Waals surface area (Å²) >= 11 is 0. The van der Waals surface area contributed by atoms with Gasteiger partial charge in [-0.25, -0.2) is 4.98 Å². The van der Waals surface area contributed by atoms with Crippen molar-refractivity contribution in [1.82, 2.24) is 9.55 Å². The van der Waals surface area contributed by atoms with Gasteiger partial charge in [-0.3, -0.25) is 0 Å². The Morgan fingerprint density at radius 1 is 0.800 bits per heavy atom. The fraction of sp³-hybridized carbons (Fsp3) is 0.435. The molecule has 0 unspecified atom stereocenters. The van der Waals surface area contributed by atoms with Crippen molar-refractivity contribution in [1.29, 1.82) is 0 Å². The number of rotatable bonds is 9. The summed E-state index contributed by atoms with van der Waals surface area (Å²) in [7, 11) is 0. The Hall–Kier alpha value is -2.09. The molecule has 3 aromatic rings. The number of aromatic nitrogens is 2. The lowest BCUT2D eigenvalue weighted by Gasteiger charge is -2.11. The molecular formula is C23H30N2. The van der Waals surface area contributed by atoms with E-state index >= 15 is 0 Å². The Labute approximate surface area is 151 Å². The van der Waals surface area contributed by atoms with Gasteiger partial charge in [0.15, 0.2) is 0 Å². The third kappa shape index (κ3) is 4.31. The van der Waals surface area contributed by atoms with Gasteiger partial charge in [0.05, 0.1) is 11.0 Å². The van der Waals surface area contributed by atoms with Gasteiger partial charge in [-0.05, 0) is 31.0 Å². The summed E-state index contributed by atoms with van der Waals surface area (Å²) in [4.78, 5) is 4.95. The standard InChI is InChI=1S/C23H30N2/c1-3-4-5-6-7-8-13-18-25-22-17-12-11-16-21(22)24-23(25)20-15-10-9-14-19(20)2/h9-12,14-17H,3-8,13,18H2,1-2H3. The molecule has 0 N–H and O–H groups in total. The quantitative estimate of drug-likeness (QED) is 0.395. The van der Waals surface area contributed by atoms with Crippen LogP contribution in [0.3, 0.4) is 0 Å². The fourth-order valence-electron chi connectivity index (χ4n) is 3.56. The number of benzene rings is 2. The van der Waals surface area contributed by atoms with Gasteiger partial charge in [0.1, 0.15) is 5.82 Å². The Morgan fingerprint density at radius 3 is 2.28 bits per heavy atom. The summed E-state index contributed by atoms with van der Waals surface area (Å²) in [6.45, 7) is 5.50. The minimum atomic E-state index is 1.05. The summed E-state index contributed by atoms with van der Waals surface area (Å²) in [6, 6.07) is 17.1. The minimum Gasteiger partial charge on any atom is -0.324 e. The Bertz CT molecular complexity index is 801. The summed E-state index contributed by atoms with van der Waals surface area (Å²) in [6.07, 6.45) is 9.35. The van der Waals surface area contributed by atoms with E-state index in [0.717, 1.165) is 17.9 Å². The number of fused-ring (bicyclic) bond motifs is 1. The van der Waals surface area contributed by atoms with Gasteiger partial charge >= 0.3 is 0 Å². The second-order valence-electron chi connectivity index (χ2n) is 7.01. The molecular weight excluding hydrogens is 304 g/mol. The first kappa shape index (κ1) is 17.7. The van der Waals surface area contributed by atoms with Crippen LogP contribution in [0.4, 0.5) is 0 Å². The maximum atomic E-state index is 4.95. The van der Waals surface area contributed by atoms with Crippen LogP contribution in [0.1, 0.15) is 57.4 Å². The number of imidazole rings is 1. The van der Waals surface area contributed by atoms with E-state index in [4.69, 9.17) is 4.98 Å². The molecule has 0 atom stereocenters. The Morgan fingerprint density at radius 2 is 1.48 bits per heavy atom. The van der Waals surface area contributed by atoms with E-state index in [0.29, 0.717) is 0 Å². The van der Waals surface area contributed by atoms with Crippen LogP contribution in [0, 0.1) is 6.92 Å². The Balaban J connectivity index is 1.76. The molecule has 0 saturated heterocycles. The zero-order chi connectivity index (χ0) is 17.5. The van der Waals surface area contributed by atoms with Crippen molar-refractivity contribution in [2.24, 2.45) is 0 Å². The molecule has 0 aliphatic carbocycles. The van der Waals surface area contributed by atoms with Crippen LogP contribution in [0.25, 0.3) is 22.4 Å². The predicted octanol–water partition coefficient (Wildman–Crippen LogP) is 6.76. The summed E-state index contributed by atoms with van der Waals surface area (Å²) < 4.78 is 2.42. The maximum absolute atomic E-state index is 4.95. The monoisotopic (exact) mass is 334 g/mol. The average molecular weight is 335 g/mol. The van der Waals surface area contributed by atoms with Crippen LogP contribution in [-0.4, -0.2) is 9.55 Å². The number of para-hydroxylation sites is 2. The summed E-state index contributed by atoms with van der Waals surface area (Å²) in [5.74, 6) is 1.12. The first-order valence-electron chi connectivity index (χ1n) is 9.82. The molecule has 132 valence electrons. The van der Waals surface area contributed by atoms with Gasteiger partial charge < -0.3 is 4.57 Å². The molecule has 0 spiro atoms. The van der Waals surface area contributed by atoms with E-state index in [-0.39, 0.29) is 0 Å². The van der Waals surface area contributed by atoms with Crippen LogP contribution in [0.15, 0.2) is 48.5 Å². The molecule has 2 heteroatoms. The van der Waals surface area contributed by atoms with Crippen LogP contribution >= 0.6 is 0 Å². The second kappa shape index (κ2) is 8.84. The molecule has 2 nitrogen and oxygen atoms in total. The maximum Gasteiger partial charge on any atom is 0.141 e. The van der Waals surface area contributed by atoms with E-state index in [1.54, 1.807) is 0 Å². The van der Waals surface area contributed by atoms with Crippen molar-refractivity contribution in [3.05, 3.63) is 54.1 Å². The number of hydrogen-bond donors (Lipinski definition) is 0. The first-order chi connectivity index (χ1) is 12.3. The van der Waals surface area contributed by atoms with Crippen LogP contribution in [0.5, 0.6) is 0 Å². The van der Waals surface area contributed by atoms with Crippen molar-refractivity contribution in [3.8, 4) is 11.4 Å². The normalized spacial score (nSPS) is 11.3. The van der Waals surface area contributed by atoms with Crippen LogP contribution in [-0.2, 0) is 6.54 Å². The number of unbranched alkanes of at least 4 members (excludes halogenated alkanes) is 6. The molecule has 1 heterocycles. The third-order valence-corrected chi connectivity index (χ3v) is 5.03. The van der Waals surface area contributed by atoms with Gasteiger partial charge in [0.25, 0.3) is 0 Å². The van der Waals surface area contributed by atoms with E-state index in [2.05, 4.69) is 66.9 Å². The SMILES string of the molecule is CCCCCCCCCn1c(-c2ccccc2C)nc2ccccc21. The van der Waals surface area contributed by atoms with Crippen molar-refractivity contribution in [3.63, 3.8) is 0 Å².